The van der Waals surface area contributed by atoms with Crippen molar-refractivity contribution in [3.8, 4) is 0 Å². The number of carboxylic acid groups (broad SMARTS) is 1. The highest BCUT2D eigenvalue weighted by Gasteiger charge is 2.10. The Morgan fingerprint density at radius 2 is 2.31 bits per heavy atom. The molecule has 0 aliphatic heterocycles. The van der Waals surface area contributed by atoms with Gasteiger partial charge in [-0.05, 0) is 6.07 Å². The standard InChI is InChI=1S/C7H5N3O3/c11-6-3(7(12)13)1-4-5(10-6)9-2-8-4/h1-2H,(H,12,13)(H2,8,9,10,11). The van der Waals surface area contributed by atoms with Gasteiger partial charge in [-0.3, -0.25) is 4.79 Å². The zero-order chi connectivity index (χ0) is 9.42. The van der Waals surface area contributed by atoms with Crippen molar-refractivity contribution in [2.24, 2.45) is 0 Å². The number of fused-ring (bicyclic) bond motifs is 1. The second-order valence-corrected chi connectivity index (χ2v) is 2.48. The fraction of sp³-hybridized carbons (Fsp3) is 0. The van der Waals surface area contributed by atoms with Gasteiger partial charge in [-0.1, -0.05) is 0 Å². The zero-order valence-corrected chi connectivity index (χ0v) is 6.37. The molecule has 0 atom stereocenters. The van der Waals surface area contributed by atoms with E-state index in [2.05, 4.69) is 15.0 Å². The van der Waals surface area contributed by atoms with E-state index in [0.29, 0.717) is 11.2 Å². The maximum absolute atomic E-state index is 11.1. The summed E-state index contributed by atoms with van der Waals surface area (Å²) in [4.78, 5) is 30.4. The molecule has 2 rings (SSSR count). The normalized spacial score (nSPS) is 10.5. The van der Waals surface area contributed by atoms with E-state index in [9.17, 15) is 9.59 Å². The van der Waals surface area contributed by atoms with Gasteiger partial charge in [0.25, 0.3) is 5.56 Å². The van der Waals surface area contributed by atoms with Gasteiger partial charge < -0.3 is 15.1 Å². The minimum absolute atomic E-state index is 0.295. The average molecular weight is 179 g/mol. The number of H-pyrrole nitrogens is 2. The third-order valence-electron chi connectivity index (χ3n) is 1.66. The predicted octanol–water partition coefficient (Wildman–Crippen LogP) is -0.0506. The van der Waals surface area contributed by atoms with Crippen molar-refractivity contribution in [3.63, 3.8) is 0 Å². The second kappa shape index (κ2) is 2.44. The molecule has 0 saturated heterocycles. The topological polar surface area (TPSA) is 98.8 Å². The fourth-order valence-corrected chi connectivity index (χ4v) is 1.06. The molecule has 0 fully saturated rings. The first-order valence-corrected chi connectivity index (χ1v) is 3.48. The number of carboxylic acids is 1. The minimum Gasteiger partial charge on any atom is -0.477 e. The number of imidazole rings is 1. The first-order valence-electron chi connectivity index (χ1n) is 3.48. The summed E-state index contributed by atoms with van der Waals surface area (Å²) in [5.41, 5.74) is -0.0872. The molecule has 13 heavy (non-hydrogen) atoms. The Hall–Kier alpha value is -2.11. The third-order valence-corrected chi connectivity index (χ3v) is 1.66. The maximum Gasteiger partial charge on any atom is 0.341 e. The Kier molecular flexibility index (Phi) is 1.42. The number of pyridine rings is 1. The highest BCUT2D eigenvalue weighted by molar-refractivity contribution is 5.90. The van der Waals surface area contributed by atoms with Gasteiger partial charge in [0.05, 0.1) is 11.8 Å². The summed E-state index contributed by atoms with van der Waals surface area (Å²) in [7, 11) is 0. The van der Waals surface area contributed by atoms with Crippen molar-refractivity contribution in [2.45, 2.75) is 0 Å². The molecule has 0 spiro atoms. The minimum atomic E-state index is -1.25. The highest BCUT2D eigenvalue weighted by atomic mass is 16.4. The van der Waals surface area contributed by atoms with Crippen molar-refractivity contribution in [1.29, 1.82) is 0 Å². The lowest BCUT2D eigenvalue weighted by atomic mass is 10.3. The summed E-state index contributed by atoms with van der Waals surface area (Å²) in [6.45, 7) is 0. The lowest BCUT2D eigenvalue weighted by Gasteiger charge is -1.92. The van der Waals surface area contributed by atoms with E-state index in [4.69, 9.17) is 5.11 Å². The van der Waals surface area contributed by atoms with Crippen LogP contribution in [0.15, 0.2) is 17.2 Å². The lowest BCUT2D eigenvalue weighted by molar-refractivity contribution is 0.0695. The van der Waals surface area contributed by atoms with Crippen LogP contribution in [0.25, 0.3) is 11.2 Å². The molecule has 0 aliphatic carbocycles. The monoisotopic (exact) mass is 179 g/mol. The summed E-state index contributed by atoms with van der Waals surface area (Å²) in [6, 6.07) is 1.25. The number of aromatic nitrogens is 3. The van der Waals surface area contributed by atoms with Crippen LogP contribution in [-0.2, 0) is 0 Å². The van der Waals surface area contributed by atoms with Crippen LogP contribution in [0.1, 0.15) is 10.4 Å². The Balaban J connectivity index is 2.84. The van der Waals surface area contributed by atoms with Crippen LogP contribution in [-0.4, -0.2) is 26.0 Å². The lowest BCUT2D eigenvalue weighted by Crippen LogP contribution is -2.16. The average Bonchev–Trinajstić information content (AvgIpc) is 2.48. The van der Waals surface area contributed by atoms with E-state index in [1.165, 1.54) is 12.4 Å². The van der Waals surface area contributed by atoms with Crippen LogP contribution in [0.3, 0.4) is 0 Å². The fourth-order valence-electron chi connectivity index (χ4n) is 1.06. The third kappa shape index (κ3) is 1.08. The number of nitrogens with one attached hydrogen (secondary N) is 2. The quantitative estimate of drug-likeness (QED) is 0.571. The number of hydrogen-bond donors (Lipinski definition) is 3. The summed E-state index contributed by atoms with van der Waals surface area (Å²) < 4.78 is 0. The Bertz CT molecular complexity index is 525. The van der Waals surface area contributed by atoms with Gasteiger partial charge in [0.15, 0.2) is 5.65 Å². The van der Waals surface area contributed by atoms with Crippen LogP contribution in [0.4, 0.5) is 0 Å². The molecule has 2 aromatic heterocycles. The Labute approximate surface area is 71.2 Å². The molecule has 0 unspecified atom stereocenters. The molecule has 0 aliphatic rings. The number of aromatic amines is 2. The number of hydrogen-bond acceptors (Lipinski definition) is 3. The van der Waals surface area contributed by atoms with Crippen molar-refractivity contribution in [1.82, 2.24) is 15.0 Å². The highest BCUT2D eigenvalue weighted by Crippen LogP contribution is 2.04. The predicted molar refractivity (Wildman–Crippen MR) is 43.7 cm³/mol. The Morgan fingerprint density at radius 3 is 3.00 bits per heavy atom. The van der Waals surface area contributed by atoms with Crippen molar-refractivity contribution < 1.29 is 9.90 Å². The van der Waals surface area contributed by atoms with E-state index >= 15 is 0 Å². The van der Waals surface area contributed by atoms with Gasteiger partial charge in [0.1, 0.15) is 5.56 Å². The van der Waals surface area contributed by atoms with Crippen LogP contribution >= 0.6 is 0 Å². The van der Waals surface area contributed by atoms with Crippen molar-refractivity contribution in [3.05, 3.63) is 28.3 Å². The van der Waals surface area contributed by atoms with Crippen molar-refractivity contribution in [2.75, 3.05) is 0 Å². The van der Waals surface area contributed by atoms with Crippen molar-refractivity contribution >= 4 is 17.1 Å². The zero-order valence-electron chi connectivity index (χ0n) is 6.37. The first-order chi connectivity index (χ1) is 6.18. The summed E-state index contributed by atoms with van der Waals surface area (Å²) in [5.74, 6) is -1.25. The van der Waals surface area contributed by atoms with E-state index < -0.39 is 11.5 Å². The molecule has 0 bridgehead atoms. The number of carbonyl (C=O) groups is 1. The molecular formula is C7H5N3O3. The van der Waals surface area contributed by atoms with Gasteiger partial charge >= 0.3 is 5.97 Å². The van der Waals surface area contributed by atoms with Gasteiger partial charge in [0.2, 0.25) is 0 Å². The number of nitrogens with zero attached hydrogens (tertiary/aromatic N) is 1. The van der Waals surface area contributed by atoms with E-state index in [-0.39, 0.29) is 5.56 Å². The van der Waals surface area contributed by atoms with Gasteiger partial charge in [-0.2, -0.15) is 0 Å². The van der Waals surface area contributed by atoms with E-state index in [0.717, 1.165) is 0 Å². The van der Waals surface area contributed by atoms with Gasteiger partial charge in [-0.25, -0.2) is 9.78 Å². The number of rotatable bonds is 1. The summed E-state index contributed by atoms with van der Waals surface area (Å²) >= 11 is 0. The molecule has 3 N–H and O–H groups in total. The molecule has 0 amide bonds. The van der Waals surface area contributed by atoms with Crippen LogP contribution in [0.5, 0.6) is 0 Å². The summed E-state index contributed by atoms with van der Waals surface area (Å²) in [5, 5.41) is 8.61. The van der Waals surface area contributed by atoms with Gasteiger partial charge in [-0.15, -0.1) is 0 Å². The largest absolute Gasteiger partial charge is 0.477 e. The van der Waals surface area contributed by atoms with E-state index in [1.54, 1.807) is 0 Å². The molecule has 6 nitrogen and oxygen atoms in total. The number of aromatic carboxylic acids is 1. The molecule has 2 heterocycles. The van der Waals surface area contributed by atoms with E-state index in [1.807, 2.05) is 0 Å². The molecule has 0 aromatic carbocycles. The summed E-state index contributed by atoms with van der Waals surface area (Å²) in [6.07, 6.45) is 1.38. The van der Waals surface area contributed by atoms with Crippen LogP contribution < -0.4 is 5.56 Å². The van der Waals surface area contributed by atoms with Gasteiger partial charge in [0, 0.05) is 0 Å². The smallest absolute Gasteiger partial charge is 0.341 e. The molecular weight excluding hydrogens is 174 g/mol. The molecule has 66 valence electrons. The van der Waals surface area contributed by atoms with Crippen LogP contribution in [0, 0.1) is 0 Å². The molecule has 6 heteroatoms. The van der Waals surface area contributed by atoms with Crippen LogP contribution in [0.2, 0.25) is 0 Å². The second-order valence-electron chi connectivity index (χ2n) is 2.48. The first kappa shape index (κ1) is 7.53. The molecule has 0 radical (unpaired) electrons. The molecule has 2 aromatic rings. The molecule has 0 saturated carbocycles. The Morgan fingerprint density at radius 1 is 1.54 bits per heavy atom. The SMILES string of the molecule is O=C(O)c1cc2[nH]cnc2[nH]c1=O. The maximum atomic E-state index is 11.1.